The highest BCUT2D eigenvalue weighted by atomic mass is 16.5. The van der Waals surface area contributed by atoms with Crippen LogP contribution in [0.5, 0.6) is 11.5 Å². The lowest BCUT2D eigenvalue weighted by molar-refractivity contribution is 0.0749. The molecule has 0 aliphatic heterocycles. The van der Waals surface area contributed by atoms with E-state index in [-0.39, 0.29) is 5.91 Å². The van der Waals surface area contributed by atoms with Crippen LogP contribution >= 0.6 is 0 Å². The molecule has 1 amide bonds. The largest absolute Gasteiger partial charge is 0.493 e. The molecule has 1 aromatic carbocycles. The van der Waals surface area contributed by atoms with Crippen LogP contribution < -0.4 is 9.47 Å². The van der Waals surface area contributed by atoms with Gasteiger partial charge in [0.2, 0.25) is 0 Å². The average molecular weight is 565 g/mol. The molecule has 2 aromatic heterocycles. The minimum atomic E-state index is -0.0231. The van der Waals surface area contributed by atoms with Crippen LogP contribution in [0.3, 0.4) is 0 Å². The molecule has 0 spiro atoms. The van der Waals surface area contributed by atoms with E-state index in [1.807, 2.05) is 73.1 Å². The number of ether oxygens (including phenoxy) is 2. The van der Waals surface area contributed by atoms with Gasteiger partial charge in [0.05, 0.1) is 25.6 Å². The number of amides is 1. The second-order valence-corrected chi connectivity index (χ2v) is 8.99. The van der Waals surface area contributed by atoms with Gasteiger partial charge < -0.3 is 18.9 Å². The first-order valence-corrected chi connectivity index (χ1v) is 14.4. The van der Waals surface area contributed by atoms with Crippen molar-refractivity contribution < 1.29 is 19.1 Å². The third-order valence-corrected chi connectivity index (χ3v) is 6.07. The Morgan fingerprint density at radius 2 is 1.66 bits per heavy atom. The molecule has 0 saturated carbocycles. The number of nitrogens with zero attached hydrogens (tertiary/aromatic N) is 4. The fraction of sp³-hybridized carbons (Fsp3) is 0.424. The molecule has 8 nitrogen and oxygen atoms in total. The van der Waals surface area contributed by atoms with E-state index >= 15 is 0 Å². The van der Waals surface area contributed by atoms with Gasteiger partial charge >= 0.3 is 0 Å². The number of hydrogen-bond donors (Lipinski definition) is 0. The van der Waals surface area contributed by atoms with E-state index in [4.69, 9.17) is 14.6 Å². The van der Waals surface area contributed by atoms with Gasteiger partial charge in [-0.05, 0) is 61.7 Å². The van der Waals surface area contributed by atoms with Crippen LogP contribution in [-0.2, 0) is 13.5 Å². The summed E-state index contributed by atoms with van der Waals surface area (Å²) in [5.74, 6) is 1.27. The molecule has 0 unspecified atom stereocenters. The smallest absolute Gasteiger partial charge is 0.274 e. The number of carbonyl (C=O) groups is 2. The van der Waals surface area contributed by atoms with Gasteiger partial charge in [-0.25, -0.2) is 4.68 Å². The fourth-order valence-electron chi connectivity index (χ4n) is 4.18. The van der Waals surface area contributed by atoms with Crippen molar-refractivity contribution in [2.45, 2.75) is 60.3 Å². The zero-order chi connectivity index (χ0) is 30.8. The Bertz CT molecular complexity index is 1250. The molecule has 3 aromatic rings. The summed E-state index contributed by atoms with van der Waals surface area (Å²) in [5.41, 5.74) is 3.90. The summed E-state index contributed by atoms with van der Waals surface area (Å²) in [6.07, 6.45) is 9.89. The van der Waals surface area contributed by atoms with Gasteiger partial charge in [-0.3, -0.25) is 9.59 Å². The van der Waals surface area contributed by atoms with E-state index in [0.29, 0.717) is 22.9 Å². The SMILES string of the molecule is C=C/C=C(/c1ccc(OC)c(OC)c1)n1nc(C(=O)N(CCC)CCC)cc1CCC.CC.Cn1cccc1C=O. The Labute approximate surface area is 246 Å². The van der Waals surface area contributed by atoms with Crippen molar-refractivity contribution in [2.75, 3.05) is 27.3 Å². The van der Waals surface area contributed by atoms with Gasteiger partial charge in [-0.1, -0.05) is 53.7 Å². The van der Waals surface area contributed by atoms with Crippen molar-refractivity contribution in [1.82, 2.24) is 19.2 Å². The molecule has 0 bridgehead atoms. The fourth-order valence-corrected chi connectivity index (χ4v) is 4.18. The maximum absolute atomic E-state index is 13.2. The van der Waals surface area contributed by atoms with E-state index in [1.165, 1.54) is 0 Å². The number of methoxy groups -OCH3 is 2. The summed E-state index contributed by atoms with van der Waals surface area (Å²) < 4.78 is 14.5. The minimum absolute atomic E-state index is 0.0231. The number of aromatic nitrogens is 3. The summed E-state index contributed by atoms with van der Waals surface area (Å²) in [5, 5.41) is 4.74. The molecule has 41 heavy (non-hydrogen) atoms. The highest BCUT2D eigenvalue weighted by Gasteiger charge is 2.21. The van der Waals surface area contributed by atoms with E-state index < -0.39 is 0 Å². The van der Waals surface area contributed by atoms with Gasteiger partial charge in [0.1, 0.15) is 0 Å². The van der Waals surface area contributed by atoms with Gasteiger partial charge in [0, 0.05) is 37.6 Å². The summed E-state index contributed by atoms with van der Waals surface area (Å²) >= 11 is 0. The second kappa shape index (κ2) is 19.1. The maximum atomic E-state index is 13.2. The third-order valence-electron chi connectivity index (χ3n) is 6.07. The molecular weight excluding hydrogens is 516 g/mol. The Morgan fingerprint density at radius 1 is 1.00 bits per heavy atom. The molecule has 0 radical (unpaired) electrons. The van der Waals surface area contributed by atoms with Crippen molar-refractivity contribution in [2.24, 2.45) is 7.05 Å². The molecule has 0 atom stereocenters. The van der Waals surface area contributed by atoms with Crippen LogP contribution in [0.25, 0.3) is 5.70 Å². The lowest BCUT2D eigenvalue weighted by Crippen LogP contribution is -2.32. The van der Waals surface area contributed by atoms with E-state index in [9.17, 15) is 9.59 Å². The van der Waals surface area contributed by atoms with Crippen molar-refractivity contribution in [3.8, 4) is 11.5 Å². The van der Waals surface area contributed by atoms with Crippen molar-refractivity contribution in [1.29, 1.82) is 0 Å². The lowest BCUT2D eigenvalue weighted by atomic mass is 10.1. The minimum Gasteiger partial charge on any atom is -0.493 e. The molecule has 0 saturated heterocycles. The van der Waals surface area contributed by atoms with E-state index in [2.05, 4.69) is 27.4 Å². The quantitative estimate of drug-likeness (QED) is 0.164. The molecular formula is C33H48N4O4. The molecule has 0 fully saturated rings. The summed E-state index contributed by atoms with van der Waals surface area (Å²) in [7, 11) is 5.06. The van der Waals surface area contributed by atoms with Gasteiger partial charge in [-0.2, -0.15) is 5.10 Å². The molecule has 0 aliphatic carbocycles. The molecule has 8 heteroatoms. The lowest BCUT2D eigenvalue weighted by Gasteiger charge is -2.20. The van der Waals surface area contributed by atoms with Crippen molar-refractivity contribution in [3.05, 3.63) is 84.0 Å². The second-order valence-electron chi connectivity index (χ2n) is 8.99. The van der Waals surface area contributed by atoms with Crippen molar-refractivity contribution >= 4 is 17.9 Å². The predicted octanol–water partition coefficient (Wildman–Crippen LogP) is 7.05. The molecule has 0 N–H and O–H groups in total. The number of benzene rings is 1. The Kier molecular flexibility index (Phi) is 16.3. The number of carbonyl (C=O) groups excluding carboxylic acids is 2. The summed E-state index contributed by atoms with van der Waals surface area (Å²) in [6.45, 7) is 15.6. The first kappa shape index (κ1) is 35.0. The number of hydrogen-bond acceptors (Lipinski definition) is 5. The topological polar surface area (TPSA) is 78.6 Å². The zero-order valence-electron chi connectivity index (χ0n) is 26.1. The first-order valence-electron chi connectivity index (χ1n) is 14.4. The standard InChI is InChI=1S/C25H35N3O3.C6H7NO.C2H6/c1-7-11-20-18-21(25(29)27(15-9-3)16-10-4)26-28(20)22(12-8-2)19-13-14-23(30-5)24(17-19)31-6;1-7-4-2-3-6(7)5-8;1-2/h8,12-14,17-18H,2,7,9-11,15-16H2,1,3-6H3;2-5H,1H3;1-2H3/b22-12-;;. The normalized spacial score (nSPS) is 10.5. The predicted molar refractivity (Wildman–Crippen MR) is 168 cm³/mol. The van der Waals surface area contributed by atoms with Gasteiger partial charge in [-0.15, -0.1) is 0 Å². The van der Waals surface area contributed by atoms with Crippen LogP contribution in [0.1, 0.15) is 86.1 Å². The monoisotopic (exact) mass is 564 g/mol. The number of aldehydes is 1. The first-order chi connectivity index (χ1) is 19.9. The van der Waals surface area contributed by atoms with Gasteiger partial charge in [0.15, 0.2) is 23.5 Å². The van der Waals surface area contributed by atoms with Crippen LogP contribution in [0.2, 0.25) is 0 Å². The Hall–Kier alpha value is -4.07. The molecule has 2 heterocycles. The van der Waals surface area contributed by atoms with E-state index in [1.54, 1.807) is 30.9 Å². The van der Waals surface area contributed by atoms with Gasteiger partial charge in [0.25, 0.3) is 5.91 Å². The average Bonchev–Trinajstić information content (AvgIpc) is 3.62. The Morgan fingerprint density at radius 3 is 2.12 bits per heavy atom. The Balaban J connectivity index is 0.000000711. The molecule has 0 aliphatic rings. The highest BCUT2D eigenvalue weighted by molar-refractivity contribution is 5.92. The van der Waals surface area contributed by atoms with Crippen molar-refractivity contribution in [3.63, 3.8) is 0 Å². The van der Waals surface area contributed by atoms with Crippen LogP contribution in [0.4, 0.5) is 0 Å². The van der Waals surface area contributed by atoms with Crippen LogP contribution in [0, 0.1) is 0 Å². The number of allylic oxidation sites excluding steroid dienone is 2. The highest BCUT2D eigenvalue weighted by Crippen LogP contribution is 2.31. The summed E-state index contributed by atoms with van der Waals surface area (Å²) in [4.78, 5) is 25.1. The van der Waals surface area contributed by atoms with Crippen LogP contribution in [-0.4, -0.2) is 58.7 Å². The zero-order valence-corrected chi connectivity index (χ0v) is 26.1. The third kappa shape index (κ3) is 9.81. The molecule has 3 rings (SSSR count). The number of rotatable bonds is 13. The van der Waals surface area contributed by atoms with E-state index in [0.717, 1.165) is 62.0 Å². The molecule has 224 valence electrons. The number of aryl methyl sites for hydroxylation is 2. The van der Waals surface area contributed by atoms with Crippen LogP contribution in [0.15, 0.2) is 61.3 Å². The summed E-state index contributed by atoms with van der Waals surface area (Å²) in [6, 6.07) is 11.3. The maximum Gasteiger partial charge on any atom is 0.274 e.